The van der Waals surface area contributed by atoms with Gasteiger partial charge in [-0.25, -0.2) is 9.78 Å². The molecule has 0 radical (unpaired) electrons. The highest BCUT2D eigenvalue weighted by Crippen LogP contribution is 2.12. The standard InChI is InChI=1S/C9H18O3.C3H4N2/c1-3-5-6-8(4-2)7-12-9(10)11;1-2-5-3-4-1/h8H,3-7H2,1-2H3,(H,10,11);1-3H,(H,4,5). The molecular weight excluding hydrogens is 220 g/mol. The van der Waals surface area contributed by atoms with Crippen molar-refractivity contribution in [2.45, 2.75) is 39.5 Å². The predicted molar refractivity (Wildman–Crippen MR) is 65.9 cm³/mol. The van der Waals surface area contributed by atoms with Crippen molar-refractivity contribution in [2.24, 2.45) is 5.92 Å². The topological polar surface area (TPSA) is 75.2 Å². The number of nitrogens with one attached hydrogen (secondary N) is 1. The Hall–Kier alpha value is -1.52. The van der Waals surface area contributed by atoms with Gasteiger partial charge in [-0.05, 0) is 12.3 Å². The summed E-state index contributed by atoms with van der Waals surface area (Å²) in [6.07, 6.45) is 8.29. The summed E-state index contributed by atoms with van der Waals surface area (Å²) in [5.74, 6) is 0.404. The van der Waals surface area contributed by atoms with Gasteiger partial charge >= 0.3 is 6.16 Å². The van der Waals surface area contributed by atoms with Crippen LogP contribution in [0.2, 0.25) is 0 Å². The van der Waals surface area contributed by atoms with Crippen LogP contribution in [-0.2, 0) is 4.74 Å². The molecule has 1 unspecified atom stereocenters. The van der Waals surface area contributed by atoms with E-state index in [1.807, 2.05) is 0 Å². The SMILES string of the molecule is CCCCC(CC)COC(=O)O.c1c[nH]cn1. The largest absolute Gasteiger partial charge is 0.505 e. The molecule has 0 amide bonds. The average Bonchev–Trinajstić information content (AvgIpc) is 2.88. The Morgan fingerprint density at radius 1 is 1.53 bits per heavy atom. The number of aromatic amines is 1. The van der Waals surface area contributed by atoms with E-state index in [2.05, 4.69) is 28.6 Å². The van der Waals surface area contributed by atoms with E-state index < -0.39 is 6.16 Å². The van der Waals surface area contributed by atoms with Gasteiger partial charge in [0, 0.05) is 12.4 Å². The van der Waals surface area contributed by atoms with Gasteiger partial charge in [0.2, 0.25) is 0 Å². The lowest BCUT2D eigenvalue weighted by molar-refractivity contribution is 0.0744. The molecule has 0 aromatic carbocycles. The zero-order valence-electron chi connectivity index (χ0n) is 10.6. The Kier molecular flexibility index (Phi) is 10.00. The third-order valence-electron chi connectivity index (χ3n) is 2.39. The molecule has 0 bridgehead atoms. The molecule has 5 heteroatoms. The molecule has 0 aliphatic carbocycles. The molecule has 0 saturated carbocycles. The summed E-state index contributed by atoms with van der Waals surface area (Å²) in [5, 5.41) is 8.26. The van der Waals surface area contributed by atoms with Crippen LogP contribution < -0.4 is 0 Å². The minimum Gasteiger partial charge on any atom is -0.450 e. The highest BCUT2D eigenvalue weighted by molar-refractivity contribution is 5.56. The van der Waals surface area contributed by atoms with Gasteiger partial charge in [-0.3, -0.25) is 0 Å². The molecule has 1 atom stereocenters. The molecule has 0 spiro atoms. The van der Waals surface area contributed by atoms with Gasteiger partial charge in [0.1, 0.15) is 0 Å². The molecule has 5 nitrogen and oxygen atoms in total. The molecule has 0 aliphatic heterocycles. The molecular formula is C12H22N2O3. The average molecular weight is 242 g/mol. The van der Waals surface area contributed by atoms with Crippen LogP contribution in [0.15, 0.2) is 18.7 Å². The van der Waals surface area contributed by atoms with Gasteiger partial charge < -0.3 is 14.8 Å². The van der Waals surface area contributed by atoms with Crippen molar-refractivity contribution in [1.82, 2.24) is 9.97 Å². The smallest absolute Gasteiger partial charge is 0.450 e. The van der Waals surface area contributed by atoms with Gasteiger partial charge in [-0.1, -0.05) is 33.1 Å². The Bertz CT molecular complexity index is 246. The van der Waals surface area contributed by atoms with Gasteiger partial charge in [0.25, 0.3) is 0 Å². The third kappa shape index (κ3) is 10.8. The maximum atomic E-state index is 10.1. The normalized spacial score (nSPS) is 11.2. The molecule has 2 N–H and O–H groups in total. The van der Waals surface area contributed by atoms with E-state index in [0.29, 0.717) is 12.5 Å². The number of carbonyl (C=O) groups is 1. The summed E-state index contributed by atoms with van der Waals surface area (Å²) in [6, 6.07) is 0. The summed E-state index contributed by atoms with van der Waals surface area (Å²) >= 11 is 0. The first-order valence-electron chi connectivity index (χ1n) is 5.99. The zero-order valence-corrected chi connectivity index (χ0v) is 10.6. The summed E-state index contributed by atoms with van der Waals surface area (Å²) in [6.45, 7) is 4.54. The van der Waals surface area contributed by atoms with Crippen LogP contribution in [0.25, 0.3) is 0 Å². The Morgan fingerprint density at radius 2 is 2.29 bits per heavy atom. The Balaban J connectivity index is 0.000000419. The van der Waals surface area contributed by atoms with E-state index in [4.69, 9.17) is 5.11 Å². The molecule has 0 fully saturated rings. The van der Waals surface area contributed by atoms with E-state index in [0.717, 1.165) is 25.7 Å². The lowest BCUT2D eigenvalue weighted by atomic mass is 10.0. The van der Waals surface area contributed by atoms with Gasteiger partial charge in [0.05, 0.1) is 12.9 Å². The van der Waals surface area contributed by atoms with Crippen LogP contribution in [0.5, 0.6) is 0 Å². The van der Waals surface area contributed by atoms with Gasteiger partial charge in [-0.15, -0.1) is 0 Å². The van der Waals surface area contributed by atoms with Crippen LogP contribution in [0, 0.1) is 5.92 Å². The molecule has 0 aliphatic rings. The maximum Gasteiger partial charge on any atom is 0.505 e. The van der Waals surface area contributed by atoms with E-state index in [-0.39, 0.29) is 0 Å². The number of carboxylic acid groups (broad SMARTS) is 1. The van der Waals surface area contributed by atoms with Crippen LogP contribution in [0.1, 0.15) is 39.5 Å². The number of nitrogens with zero attached hydrogens (tertiary/aromatic N) is 1. The maximum absolute atomic E-state index is 10.1. The summed E-state index contributed by atoms with van der Waals surface area (Å²) in [7, 11) is 0. The Morgan fingerprint density at radius 3 is 2.65 bits per heavy atom. The summed E-state index contributed by atoms with van der Waals surface area (Å²) in [4.78, 5) is 16.5. The van der Waals surface area contributed by atoms with E-state index in [9.17, 15) is 4.79 Å². The van der Waals surface area contributed by atoms with E-state index >= 15 is 0 Å². The van der Waals surface area contributed by atoms with Crippen molar-refractivity contribution in [2.75, 3.05) is 6.61 Å². The zero-order chi connectivity index (χ0) is 12.9. The van der Waals surface area contributed by atoms with Crippen molar-refractivity contribution >= 4 is 6.16 Å². The number of hydrogen-bond acceptors (Lipinski definition) is 3. The fraction of sp³-hybridized carbons (Fsp3) is 0.667. The lowest BCUT2D eigenvalue weighted by Crippen LogP contribution is -2.11. The number of hydrogen-bond donors (Lipinski definition) is 2. The molecule has 0 saturated heterocycles. The van der Waals surface area contributed by atoms with Gasteiger partial charge in [-0.2, -0.15) is 0 Å². The first-order chi connectivity index (χ1) is 8.20. The molecule has 1 rings (SSSR count). The molecule has 1 aromatic heterocycles. The number of ether oxygens (including phenoxy) is 1. The lowest BCUT2D eigenvalue weighted by Gasteiger charge is -2.12. The highest BCUT2D eigenvalue weighted by Gasteiger charge is 2.07. The van der Waals surface area contributed by atoms with Crippen molar-refractivity contribution in [3.63, 3.8) is 0 Å². The monoisotopic (exact) mass is 242 g/mol. The van der Waals surface area contributed by atoms with E-state index in [1.54, 1.807) is 18.7 Å². The summed E-state index contributed by atoms with van der Waals surface area (Å²) < 4.78 is 4.51. The van der Waals surface area contributed by atoms with Crippen LogP contribution in [0.4, 0.5) is 4.79 Å². The Labute approximate surface area is 102 Å². The number of aromatic nitrogens is 2. The number of rotatable bonds is 6. The van der Waals surface area contributed by atoms with Crippen molar-refractivity contribution in [3.05, 3.63) is 18.7 Å². The predicted octanol–water partition coefficient (Wildman–Crippen LogP) is 3.31. The summed E-state index contributed by atoms with van der Waals surface area (Å²) in [5.41, 5.74) is 0. The van der Waals surface area contributed by atoms with Crippen molar-refractivity contribution in [1.29, 1.82) is 0 Å². The van der Waals surface area contributed by atoms with Crippen molar-refractivity contribution in [3.8, 4) is 0 Å². The van der Waals surface area contributed by atoms with Crippen LogP contribution >= 0.6 is 0 Å². The first-order valence-corrected chi connectivity index (χ1v) is 5.99. The third-order valence-corrected chi connectivity index (χ3v) is 2.39. The second-order valence-corrected chi connectivity index (χ2v) is 3.75. The molecule has 17 heavy (non-hydrogen) atoms. The molecule has 1 aromatic rings. The first kappa shape index (κ1) is 15.5. The number of imidazole rings is 1. The highest BCUT2D eigenvalue weighted by atomic mass is 16.7. The second-order valence-electron chi connectivity index (χ2n) is 3.75. The minimum absolute atomic E-state index is 0.353. The van der Waals surface area contributed by atoms with Crippen LogP contribution in [0.3, 0.4) is 0 Å². The number of unbranched alkanes of at least 4 members (excludes halogenated alkanes) is 1. The second kappa shape index (κ2) is 11.0. The van der Waals surface area contributed by atoms with Crippen molar-refractivity contribution < 1.29 is 14.6 Å². The van der Waals surface area contributed by atoms with E-state index in [1.165, 1.54) is 0 Å². The number of H-pyrrole nitrogens is 1. The molecule has 98 valence electrons. The van der Waals surface area contributed by atoms with Gasteiger partial charge in [0.15, 0.2) is 0 Å². The van der Waals surface area contributed by atoms with Crippen LogP contribution in [-0.4, -0.2) is 27.8 Å². The molecule has 1 heterocycles. The fourth-order valence-corrected chi connectivity index (χ4v) is 1.30. The quantitative estimate of drug-likeness (QED) is 0.750. The fourth-order valence-electron chi connectivity index (χ4n) is 1.30. The minimum atomic E-state index is -1.16.